The number of rotatable bonds is 4. The van der Waals surface area contributed by atoms with Gasteiger partial charge in [0.1, 0.15) is 0 Å². The van der Waals surface area contributed by atoms with Gasteiger partial charge in [0.2, 0.25) is 0 Å². The molecular formula is C16H19NO. The molecule has 2 aromatic rings. The molecule has 2 aromatic carbocycles. The Balaban J connectivity index is 1.57. The van der Waals surface area contributed by atoms with E-state index in [1.807, 2.05) is 0 Å². The van der Waals surface area contributed by atoms with Crippen LogP contribution in [0, 0.1) is 5.92 Å². The lowest BCUT2D eigenvalue weighted by Crippen LogP contribution is -2.35. The van der Waals surface area contributed by atoms with E-state index in [1.165, 1.54) is 16.3 Å². The summed E-state index contributed by atoms with van der Waals surface area (Å²) < 4.78 is 0. The highest BCUT2D eigenvalue weighted by molar-refractivity contribution is 5.82. The Morgan fingerprint density at radius 2 is 1.83 bits per heavy atom. The number of fused-ring (bicyclic) bond motifs is 1. The zero-order valence-corrected chi connectivity index (χ0v) is 10.5. The van der Waals surface area contributed by atoms with E-state index < -0.39 is 0 Å². The number of nitrogens with one attached hydrogen (secondary N) is 1. The Morgan fingerprint density at radius 3 is 2.61 bits per heavy atom. The molecule has 1 aliphatic rings. The van der Waals surface area contributed by atoms with Gasteiger partial charge >= 0.3 is 0 Å². The van der Waals surface area contributed by atoms with Gasteiger partial charge in [0.05, 0.1) is 6.10 Å². The maximum Gasteiger partial charge on any atom is 0.0546 e. The molecule has 0 aromatic heterocycles. The highest BCUT2D eigenvalue weighted by atomic mass is 16.3. The summed E-state index contributed by atoms with van der Waals surface area (Å²) in [7, 11) is 0. The molecular weight excluding hydrogens is 222 g/mol. The van der Waals surface area contributed by atoms with Gasteiger partial charge in [0.25, 0.3) is 0 Å². The summed E-state index contributed by atoms with van der Waals surface area (Å²) in [5.41, 5.74) is 1.33. The molecule has 0 amide bonds. The fraction of sp³-hybridized carbons (Fsp3) is 0.375. The topological polar surface area (TPSA) is 32.3 Å². The largest absolute Gasteiger partial charge is 0.393 e. The first-order valence-electron chi connectivity index (χ1n) is 6.68. The van der Waals surface area contributed by atoms with Crippen molar-refractivity contribution in [2.45, 2.75) is 25.5 Å². The van der Waals surface area contributed by atoms with Crippen molar-refractivity contribution < 1.29 is 5.11 Å². The van der Waals surface area contributed by atoms with Crippen molar-refractivity contribution in [1.29, 1.82) is 0 Å². The van der Waals surface area contributed by atoms with Gasteiger partial charge in [0.15, 0.2) is 0 Å². The zero-order valence-electron chi connectivity index (χ0n) is 10.5. The molecule has 1 aliphatic carbocycles. The molecule has 2 heteroatoms. The van der Waals surface area contributed by atoms with Gasteiger partial charge in [-0.25, -0.2) is 0 Å². The quantitative estimate of drug-likeness (QED) is 0.862. The summed E-state index contributed by atoms with van der Waals surface area (Å²) >= 11 is 0. The summed E-state index contributed by atoms with van der Waals surface area (Å²) in [6, 6.07) is 15.1. The van der Waals surface area contributed by atoms with Crippen molar-refractivity contribution in [3.63, 3.8) is 0 Å². The van der Waals surface area contributed by atoms with Crippen LogP contribution in [-0.2, 0) is 6.54 Å². The first-order chi connectivity index (χ1) is 8.81. The van der Waals surface area contributed by atoms with E-state index in [1.54, 1.807) is 0 Å². The molecule has 0 aliphatic heterocycles. The number of hydrogen-bond acceptors (Lipinski definition) is 2. The Morgan fingerprint density at radius 1 is 1.06 bits per heavy atom. The third-order valence-corrected chi connectivity index (χ3v) is 3.79. The van der Waals surface area contributed by atoms with Crippen LogP contribution in [0.2, 0.25) is 0 Å². The van der Waals surface area contributed by atoms with Crippen molar-refractivity contribution in [1.82, 2.24) is 5.32 Å². The maximum absolute atomic E-state index is 9.23. The summed E-state index contributed by atoms with van der Waals surface area (Å²) in [6.45, 7) is 1.93. The molecule has 2 nitrogen and oxygen atoms in total. The second-order valence-corrected chi connectivity index (χ2v) is 5.30. The second-order valence-electron chi connectivity index (χ2n) is 5.30. The summed E-state index contributed by atoms with van der Waals surface area (Å²) in [4.78, 5) is 0. The van der Waals surface area contributed by atoms with Gasteiger partial charge in [-0.3, -0.25) is 0 Å². The normalized spacial score (nSPS) is 22.9. The van der Waals surface area contributed by atoms with Gasteiger partial charge in [0, 0.05) is 6.54 Å². The molecule has 0 bridgehead atoms. The molecule has 0 radical (unpaired) electrons. The summed E-state index contributed by atoms with van der Waals surface area (Å²) in [5.74, 6) is 0.667. The van der Waals surface area contributed by atoms with Crippen LogP contribution in [0.3, 0.4) is 0 Å². The molecule has 1 saturated carbocycles. The van der Waals surface area contributed by atoms with Crippen molar-refractivity contribution >= 4 is 10.8 Å². The molecule has 0 spiro atoms. The Labute approximate surface area is 108 Å². The molecule has 2 N–H and O–H groups in total. The molecule has 3 rings (SSSR count). The molecule has 94 valence electrons. The SMILES string of the molecule is OC1CC(CNCc2ccc3ccccc3c2)C1. The fourth-order valence-electron chi connectivity index (χ4n) is 2.64. The third kappa shape index (κ3) is 2.55. The Kier molecular flexibility index (Phi) is 3.31. The molecule has 18 heavy (non-hydrogen) atoms. The lowest BCUT2D eigenvalue weighted by molar-refractivity contribution is 0.0430. The predicted molar refractivity (Wildman–Crippen MR) is 74.4 cm³/mol. The van der Waals surface area contributed by atoms with Crippen molar-refractivity contribution in [3.05, 3.63) is 48.0 Å². The van der Waals surface area contributed by atoms with E-state index in [0.29, 0.717) is 5.92 Å². The van der Waals surface area contributed by atoms with Crippen LogP contribution in [0.25, 0.3) is 10.8 Å². The van der Waals surface area contributed by atoms with Crippen LogP contribution in [0.4, 0.5) is 0 Å². The van der Waals surface area contributed by atoms with E-state index in [2.05, 4.69) is 47.8 Å². The van der Waals surface area contributed by atoms with Gasteiger partial charge in [-0.15, -0.1) is 0 Å². The third-order valence-electron chi connectivity index (χ3n) is 3.79. The average molecular weight is 241 g/mol. The smallest absolute Gasteiger partial charge is 0.0546 e. The van der Waals surface area contributed by atoms with Crippen molar-refractivity contribution in [2.75, 3.05) is 6.54 Å². The van der Waals surface area contributed by atoms with Crippen LogP contribution in [0.1, 0.15) is 18.4 Å². The Hall–Kier alpha value is -1.38. The summed E-state index contributed by atoms with van der Waals surface area (Å²) in [6.07, 6.45) is 1.88. The van der Waals surface area contributed by atoms with E-state index in [9.17, 15) is 5.11 Å². The average Bonchev–Trinajstić information content (AvgIpc) is 2.36. The minimum atomic E-state index is -0.0440. The molecule has 1 fully saturated rings. The monoisotopic (exact) mass is 241 g/mol. The van der Waals surface area contributed by atoms with Crippen molar-refractivity contribution in [3.8, 4) is 0 Å². The van der Waals surface area contributed by atoms with Crippen LogP contribution < -0.4 is 5.32 Å². The molecule has 0 heterocycles. The highest BCUT2D eigenvalue weighted by Crippen LogP contribution is 2.26. The highest BCUT2D eigenvalue weighted by Gasteiger charge is 2.26. The fourth-order valence-corrected chi connectivity index (χ4v) is 2.64. The molecule has 0 saturated heterocycles. The number of aliphatic hydroxyl groups is 1. The van der Waals surface area contributed by atoms with E-state index in [-0.39, 0.29) is 6.10 Å². The van der Waals surface area contributed by atoms with Crippen molar-refractivity contribution in [2.24, 2.45) is 5.92 Å². The molecule has 0 unspecified atom stereocenters. The predicted octanol–water partition coefficient (Wildman–Crippen LogP) is 2.70. The van der Waals surface area contributed by atoms with Crippen LogP contribution in [-0.4, -0.2) is 17.8 Å². The van der Waals surface area contributed by atoms with Crippen LogP contribution in [0.5, 0.6) is 0 Å². The lowest BCUT2D eigenvalue weighted by atomic mass is 9.82. The van der Waals surface area contributed by atoms with Crippen LogP contribution in [0.15, 0.2) is 42.5 Å². The standard InChI is InChI=1S/C16H19NO/c18-16-8-13(9-16)11-17-10-12-5-6-14-3-1-2-4-15(14)7-12/h1-7,13,16-18H,8-11H2. The summed E-state index contributed by atoms with van der Waals surface area (Å²) in [5, 5.41) is 15.3. The second kappa shape index (κ2) is 5.09. The molecule has 0 atom stereocenters. The maximum atomic E-state index is 9.23. The first kappa shape index (κ1) is 11.7. The van der Waals surface area contributed by atoms with E-state index in [4.69, 9.17) is 0 Å². The lowest BCUT2D eigenvalue weighted by Gasteiger charge is -2.31. The first-order valence-corrected chi connectivity index (χ1v) is 6.68. The van der Waals surface area contributed by atoms with Gasteiger partial charge in [-0.1, -0.05) is 36.4 Å². The van der Waals surface area contributed by atoms with Gasteiger partial charge in [-0.05, 0) is 47.7 Å². The van der Waals surface area contributed by atoms with Crippen LogP contribution >= 0.6 is 0 Å². The number of hydrogen-bond donors (Lipinski definition) is 2. The van der Waals surface area contributed by atoms with Gasteiger partial charge in [-0.2, -0.15) is 0 Å². The minimum absolute atomic E-state index is 0.0440. The van der Waals surface area contributed by atoms with E-state index >= 15 is 0 Å². The van der Waals surface area contributed by atoms with E-state index in [0.717, 1.165) is 25.9 Å². The Bertz CT molecular complexity index is 531. The van der Waals surface area contributed by atoms with Gasteiger partial charge < -0.3 is 10.4 Å². The zero-order chi connectivity index (χ0) is 12.4. The number of benzene rings is 2. The minimum Gasteiger partial charge on any atom is -0.393 e. The number of aliphatic hydroxyl groups excluding tert-OH is 1.